The molecule has 4 aromatic carbocycles. The lowest BCUT2D eigenvalue weighted by molar-refractivity contribution is 0.0928. The Morgan fingerprint density at radius 3 is 2.22 bits per heavy atom. The van der Waals surface area contributed by atoms with E-state index in [1.54, 1.807) is 28.9 Å². The van der Waals surface area contributed by atoms with Crippen LogP contribution in [0.15, 0.2) is 115 Å². The third-order valence-electron chi connectivity index (χ3n) is 5.93. The van der Waals surface area contributed by atoms with E-state index in [4.69, 9.17) is 28.3 Å². The summed E-state index contributed by atoms with van der Waals surface area (Å²) >= 11 is 12.7. The Bertz CT molecular complexity index is 1480. The Labute approximate surface area is 220 Å². The van der Waals surface area contributed by atoms with Crippen molar-refractivity contribution in [2.45, 2.75) is 12.5 Å². The topological polar surface area (TPSA) is 46.9 Å². The fourth-order valence-corrected chi connectivity index (χ4v) is 4.58. The number of aromatic nitrogens is 2. The van der Waals surface area contributed by atoms with Crippen molar-refractivity contribution in [3.8, 4) is 16.9 Å². The zero-order valence-corrected chi connectivity index (χ0v) is 20.8. The quantitative estimate of drug-likeness (QED) is 0.245. The minimum atomic E-state index is -0.245. The molecule has 6 heteroatoms. The van der Waals surface area contributed by atoms with Crippen molar-refractivity contribution in [1.82, 2.24) is 15.1 Å². The lowest BCUT2D eigenvalue weighted by Gasteiger charge is -2.20. The molecule has 1 atom stereocenters. The SMILES string of the molecule is O=C(NC(Cc1ccccc1)c1ccccc1)c1cc(-c2ccccc2Cl)nn1-c1cccc(Cl)c1. The van der Waals surface area contributed by atoms with Crippen molar-refractivity contribution in [3.05, 3.63) is 142 Å². The second-order valence-electron chi connectivity index (χ2n) is 8.41. The number of hydrogen-bond acceptors (Lipinski definition) is 2. The zero-order valence-electron chi connectivity index (χ0n) is 19.3. The maximum Gasteiger partial charge on any atom is 0.270 e. The van der Waals surface area contributed by atoms with Gasteiger partial charge in [-0.15, -0.1) is 0 Å². The Kier molecular flexibility index (Phi) is 7.17. The number of nitrogens with one attached hydrogen (secondary N) is 1. The molecule has 0 saturated carbocycles. The molecule has 0 saturated heterocycles. The summed E-state index contributed by atoms with van der Waals surface area (Å²) in [5.41, 5.74) is 4.58. The van der Waals surface area contributed by atoms with E-state index < -0.39 is 0 Å². The lowest BCUT2D eigenvalue weighted by Crippen LogP contribution is -2.31. The molecule has 1 N–H and O–H groups in total. The molecule has 5 rings (SSSR count). The number of halogens is 2. The fraction of sp³-hybridized carbons (Fsp3) is 0.0667. The number of benzene rings is 4. The fourth-order valence-electron chi connectivity index (χ4n) is 4.17. The molecule has 0 spiro atoms. The molecule has 1 unspecified atom stereocenters. The van der Waals surface area contributed by atoms with Gasteiger partial charge in [0, 0.05) is 10.6 Å². The second kappa shape index (κ2) is 10.8. The van der Waals surface area contributed by atoms with Crippen molar-refractivity contribution in [2.75, 3.05) is 0 Å². The first-order valence-electron chi connectivity index (χ1n) is 11.6. The predicted octanol–water partition coefficient (Wildman–Crippen LogP) is 7.56. The smallest absolute Gasteiger partial charge is 0.270 e. The van der Waals surface area contributed by atoms with Crippen molar-refractivity contribution >= 4 is 29.1 Å². The molecule has 4 nitrogen and oxygen atoms in total. The van der Waals surface area contributed by atoms with Crippen LogP contribution in [-0.4, -0.2) is 15.7 Å². The second-order valence-corrected chi connectivity index (χ2v) is 9.26. The third-order valence-corrected chi connectivity index (χ3v) is 6.50. The maximum absolute atomic E-state index is 13.8. The van der Waals surface area contributed by atoms with Gasteiger partial charge in [0.1, 0.15) is 5.69 Å². The van der Waals surface area contributed by atoms with Crippen molar-refractivity contribution in [2.24, 2.45) is 0 Å². The first-order chi connectivity index (χ1) is 17.6. The molecule has 0 radical (unpaired) electrons. The van der Waals surface area contributed by atoms with Crippen LogP contribution >= 0.6 is 23.2 Å². The molecule has 0 fully saturated rings. The highest BCUT2D eigenvalue weighted by Gasteiger charge is 2.22. The van der Waals surface area contributed by atoms with Gasteiger partial charge in [0.05, 0.1) is 22.4 Å². The van der Waals surface area contributed by atoms with Crippen LogP contribution in [0.2, 0.25) is 10.0 Å². The minimum absolute atomic E-state index is 0.229. The van der Waals surface area contributed by atoms with Gasteiger partial charge >= 0.3 is 0 Å². The molecule has 1 amide bonds. The van der Waals surface area contributed by atoms with Crippen LogP contribution in [0.4, 0.5) is 0 Å². The van der Waals surface area contributed by atoms with Gasteiger partial charge in [-0.1, -0.05) is 108 Å². The van der Waals surface area contributed by atoms with E-state index in [1.165, 1.54) is 0 Å². The van der Waals surface area contributed by atoms with Crippen molar-refractivity contribution < 1.29 is 4.79 Å². The number of nitrogens with zero attached hydrogens (tertiary/aromatic N) is 2. The standard InChI is InChI=1S/C30H23Cl2N3O/c31-23-14-9-15-24(19-23)35-29(20-28(34-35)25-16-7-8-17-26(25)32)30(36)33-27(22-12-5-2-6-13-22)18-21-10-3-1-4-11-21/h1-17,19-20,27H,18H2,(H,33,36). The van der Waals surface area contributed by atoms with Crippen LogP contribution in [0.5, 0.6) is 0 Å². The average molecular weight is 512 g/mol. The Balaban J connectivity index is 1.55. The predicted molar refractivity (Wildman–Crippen MR) is 146 cm³/mol. The summed E-state index contributed by atoms with van der Waals surface area (Å²) in [5.74, 6) is -0.245. The van der Waals surface area contributed by atoms with Crippen LogP contribution in [0, 0.1) is 0 Å². The molecular weight excluding hydrogens is 489 g/mol. The van der Waals surface area contributed by atoms with Gasteiger partial charge in [0.2, 0.25) is 0 Å². The first kappa shape index (κ1) is 23.9. The molecule has 178 valence electrons. The van der Waals surface area contributed by atoms with Gasteiger partial charge < -0.3 is 5.32 Å². The van der Waals surface area contributed by atoms with Gasteiger partial charge in [0.15, 0.2) is 0 Å². The summed E-state index contributed by atoms with van der Waals surface area (Å²) in [4.78, 5) is 13.8. The average Bonchev–Trinajstić information content (AvgIpc) is 3.35. The van der Waals surface area contributed by atoms with Gasteiger partial charge in [0.25, 0.3) is 5.91 Å². The molecular formula is C30H23Cl2N3O. The summed E-state index contributed by atoms with van der Waals surface area (Å²) < 4.78 is 1.62. The molecule has 0 aliphatic rings. The van der Waals surface area contributed by atoms with Crippen molar-refractivity contribution in [1.29, 1.82) is 0 Å². The summed E-state index contributed by atoms with van der Waals surface area (Å²) in [6.07, 6.45) is 0.652. The number of hydrogen-bond donors (Lipinski definition) is 1. The highest BCUT2D eigenvalue weighted by atomic mass is 35.5. The highest BCUT2D eigenvalue weighted by Crippen LogP contribution is 2.29. The minimum Gasteiger partial charge on any atom is -0.344 e. The monoisotopic (exact) mass is 511 g/mol. The molecule has 1 aromatic heterocycles. The van der Waals surface area contributed by atoms with Gasteiger partial charge in [-0.25, -0.2) is 4.68 Å². The normalized spacial score (nSPS) is 11.7. The number of amides is 1. The van der Waals surface area contributed by atoms with E-state index in [-0.39, 0.29) is 11.9 Å². The molecule has 0 aliphatic carbocycles. The Hall–Kier alpha value is -3.86. The van der Waals surface area contributed by atoms with E-state index in [2.05, 4.69) is 17.4 Å². The maximum atomic E-state index is 13.8. The van der Waals surface area contributed by atoms with E-state index in [0.29, 0.717) is 33.5 Å². The van der Waals surface area contributed by atoms with Gasteiger partial charge in [-0.3, -0.25) is 4.79 Å². The lowest BCUT2D eigenvalue weighted by atomic mass is 9.98. The highest BCUT2D eigenvalue weighted by molar-refractivity contribution is 6.33. The van der Waals surface area contributed by atoms with Crippen LogP contribution in [0.25, 0.3) is 16.9 Å². The molecule has 36 heavy (non-hydrogen) atoms. The van der Waals surface area contributed by atoms with Gasteiger partial charge in [-0.2, -0.15) is 5.10 Å². The van der Waals surface area contributed by atoms with Crippen LogP contribution < -0.4 is 5.32 Å². The van der Waals surface area contributed by atoms with Crippen molar-refractivity contribution in [3.63, 3.8) is 0 Å². The summed E-state index contributed by atoms with van der Waals surface area (Å²) in [7, 11) is 0. The summed E-state index contributed by atoms with van der Waals surface area (Å²) in [6.45, 7) is 0. The Morgan fingerprint density at radius 1 is 0.806 bits per heavy atom. The summed E-state index contributed by atoms with van der Waals surface area (Å²) in [6, 6.07) is 36.3. The van der Waals surface area contributed by atoms with Gasteiger partial charge in [-0.05, 0) is 47.9 Å². The van der Waals surface area contributed by atoms with E-state index >= 15 is 0 Å². The third kappa shape index (κ3) is 5.35. The van der Waals surface area contributed by atoms with Crippen LogP contribution in [-0.2, 0) is 6.42 Å². The van der Waals surface area contributed by atoms with Crippen LogP contribution in [0.3, 0.4) is 0 Å². The number of carbonyl (C=O) groups is 1. The molecule has 0 bridgehead atoms. The summed E-state index contributed by atoms with van der Waals surface area (Å²) in [5, 5.41) is 9.10. The molecule has 0 aliphatic heterocycles. The largest absolute Gasteiger partial charge is 0.344 e. The van der Waals surface area contributed by atoms with Crippen LogP contribution in [0.1, 0.15) is 27.7 Å². The molecule has 1 heterocycles. The first-order valence-corrected chi connectivity index (χ1v) is 12.3. The Morgan fingerprint density at radius 2 is 1.50 bits per heavy atom. The zero-order chi connectivity index (χ0) is 24.9. The molecule has 5 aromatic rings. The van der Waals surface area contributed by atoms with E-state index in [0.717, 1.165) is 16.7 Å². The van der Waals surface area contributed by atoms with E-state index in [1.807, 2.05) is 78.9 Å². The number of carbonyl (C=O) groups excluding carboxylic acids is 1. The van der Waals surface area contributed by atoms with E-state index in [9.17, 15) is 4.79 Å². The number of rotatable bonds is 7.